The minimum atomic E-state index is -0.137. The Balaban J connectivity index is 1.64. The predicted molar refractivity (Wildman–Crippen MR) is 109 cm³/mol. The van der Waals surface area contributed by atoms with Crippen molar-refractivity contribution >= 4 is 27.5 Å². The third-order valence-electron chi connectivity index (χ3n) is 4.63. The summed E-state index contributed by atoms with van der Waals surface area (Å²) in [5.74, 6) is 1.41. The summed E-state index contributed by atoms with van der Waals surface area (Å²) in [5.41, 5.74) is 2.66. The molecule has 7 heteroatoms. The van der Waals surface area contributed by atoms with Gasteiger partial charge in [-0.25, -0.2) is 0 Å². The predicted octanol–water partition coefficient (Wildman–Crippen LogP) is 4.72. The Bertz CT molecular complexity index is 1020. The number of hydrogen-bond acceptors (Lipinski definition) is 5. The van der Waals surface area contributed by atoms with Crippen LogP contribution in [0.4, 0.5) is 5.69 Å². The van der Waals surface area contributed by atoms with E-state index in [1.165, 1.54) is 0 Å². The van der Waals surface area contributed by atoms with Crippen LogP contribution in [0.2, 0.25) is 0 Å². The summed E-state index contributed by atoms with van der Waals surface area (Å²) in [7, 11) is 0. The van der Waals surface area contributed by atoms with Crippen molar-refractivity contribution in [1.82, 2.24) is 10.1 Å². The fourth-order valence-corrected chi connectivity index (χ4v) is 3.28. The minimum absolute atomic E-state index is 0.00439. The lowest BCUT2D eigenvalue weighted by Gasteiger charge is -2.30. The molecule has 0 aliphatic carbocycles. The molecule has 144 valence electrons. The number of hydrogen-bond donors (Lipinski definition) is 0. The molecular formula is C21H20BrN3O3. The van der Waals surface area contributed by atoms with E-state index < -0.39 is 0 Å². The zero-order chi connectivity index (χ0) is 19.9. The summed E-state index contributed by atoms with van der Waals surface area (Å²) in [6.07, 6.45) is 0. The summed E-state index contributed by atoms with van der Waals surface area (Å²) in [6, 6.07) is 13.6. The lowest BCUT2D eigenvalue weighted by molar-refractivity contribution is -0.121. The second-order valence-corrected chi connectivity index (χ2v) is 8.64. The monoisotopic (exact) mass is 441 g/mol. The van der Waals surface area contributed by atoms with Crippen LogP contribution in [-0.4, -0.2) is 22.7 Å². The van der Waals surface area contributed by atoms with Crippen LogP contribution in [0.1, 0.15) is 32.2 Å². The molecule has 0 spiro atoms. The van der Waals surface area contributed by atoms with E-state index in [-0.39, 0.29) is 24.5 Å². The number of nitrogens with zero attached hydrogens (tertiary/aromatic N) is 3. The van der Waals surface area contributed by atoms with Gasteiger partial charge < -0.3 is 9.26 Å². The molecule has 4 rings (SSSR count). The summed E-state index contributed by atoms with van der Waals surface area (Å²) < 4.78 is 12.0. The van der Waals surface area contributed by atoms with Crippen molar-refractivity contribution in [2.45, 2.75) is 32.7 Å². The highest BCUT2D eigenvalue weighted by atomic mass is 79.9. The van der Waals surface area contributed by atoms with Crippen molar-refractivity contribution in [3.05, 3.63) is 58.4 Å². The molecule has 1 amide bonds. The molecule has 0 unspecified atom stereocenters. The van der Waals surface area contributed by atoms with Gasteiger partial charge in [0.05, 0.1) is 5.69 Å². The molecule has 0 radical (unpaired) electrons. The van der Waals surface area contributed by atoms with Crippen LogP contribution < -0.4 is 9.64 Å². The van der Waals surface area contributed by atoms with Crippen LogP contribution in [0, 0.1) is 0 Å². The van der Waals surface area contributed by atoms with Crippen molar-refractivity contribution in [3.8, 4) is 17.1 Å². The first kappa shape index (κ1) is 18.7. The first-order valence-electron chi connectivity index (χ1n) is 8.97. The van der Waals surface area contributed by atoms with Gasteiger partial charge >= 0.3 is 0 Å². The number of ether oxygens (including phenoxy) is 1. The van der Waals surface area contributed by atoms with Gasteiger partial charge in [-0.3, -0.25) is 9.69 Å². The number of fused-ring (bicyclic) bond motifs is 1. The molecule has 1 aliphatic rings. The van der Waals surface area contributed by atoms with Gasteiger partial charge in [0.15, 0.2) is 6.61 Å². The van der Waals surface area contributed by atoms with Crippen LogP contribution in [0.15, 0.2) is 51.5 Å². The van der Waals surface area contributed by atoms with E-state index in [0.29, 0.717) is 17.5 Å². The quantitative estimate of drug-likeness (QED) is 0.587. The Morgan fingerprint density at radius 3 is 2.61 bits per heavy atom. The first-order valence-corrected chi connectivity index (χ1v) is 9.77. The van der Waals surface area contributed by atoms with Crippen LogP contribution in [-0.2, 0) is 16.8 Å². The summed E-state index contributed by atoms with van der Waals surface area (Å²) in [6.45, 7) is 6.59. The molecule has 6 nitrogen and oxygen atoms in total. The summed E-state index contributed by atoms with van der Waals surface area (Å²) >= 11 is 3.41. The molecule has 1 aromatic heterocycles. The lowest BCUT2D eigenvalue weighted by atomic mass is 9.86. The largest absolute Gasteiger partial charge is 0.482 e. The number of amides is 1. The Labute approximate surface area is 171 Å². The van der Waals surface area contributed by atoms with Gasteiger partial charge in [-0.1, -0.05) is 47.9 Å². The zero-order valence-electron chi connectivity index (χ0n) is 15.9. The molecular weight excluding hydrogens is 422 g/mol. The van der Waals surface area contributed by atoms with Crippen LogP contribution in [0.5, 0.6) is 5.75 Å². The zero-order valence-corrected chi connectivity index (χ0v) is 17.5. The van der Waals surface area contributed by atoms with Crippen molar-refractivity contribution in [1.29, 1.82) is 0 Å². The van der Waals surface area contributed by atoms with Crippen molar-refractivity contribution in [2.75, 3.05) is 11.5 Å². The van der Waals surface area contributed by atoms with Gasteiger partial charge in [0.25, 0.3) is 5.91 Å². The van der Waals surface area contributed by atoms with Gasteiger partial charge in [-0.15, -0.1) is 0 Å². The molecule has 28 heavy (non-hydrogen) atoms. The molecule has 1 aliphatic heterocycles. The minimum Gasteiger partial charge on any atom is -0.482 e. The highest BCUT2D eigenvalue weighted by Crippen LogP contribution is 2.37. The Morgan fingerprint density at radius 2 is 1.89 bits per heavy atom. The summed E-state index contributed by atoms with van der Waals surface area (Å²) in [4.78, 5) is 18.6. The second-order valence-electron chi connectivity index (χ2n) is 7.72. The third-order valence-corrected chi connectivity index (χ3v) is 5.16. The number of carbonyl (C=O) groups excluding carboxylic acids is 1. The average Bonchev–Trinajstić information content (AvgIpc) is 3.12. The number of halogens is 1. The highest BCUT2D eigenvalue weighted by molar-refractivity contribution is 9.10. The molecule has 0 fully saturated rings. The number of benzene rings is 2. The Morgan fingerprint density at radius 1 is 1.14 bits per heavy atom. The number of aromatic nitrogens is 2. The highest BCUT2D eigenvalue weighted by Gasteiger charge is 2.29. The topological polar surface area (TPSA) is 68.5 Å². The molecule has 0 saturated carbocycles. The van der Waals surface area contributed by atoms with Gasteiger partial charge in [-0.2, -0.15) is 4.98 Å². The molecule has 0 bridgehead atoms. The lowest BCUT2D eigenvalue weighted by Crippen LogP contribution is -2.38. The molecule has 0 N–H and O–H groups in total. The Kier molecular flexibility index (Phi) is 4.71. The number of carbonyl (C=O) groups is 1. The van der Waals surface area contributed by atoms with E-state index in [1.54, 1.807) is 4.90 Å². The van der Waals surface area contributed by atoms with Gasteiger partial charge in [0.2, 0.25) is 11.7 Å². The van der Waals surface area contributed by atoms with E-state index in [2.05, 4.69) is 46.8 Å². The van der Waals surface area contributed by atoms with Crippen LogP contribution in [0.3, 0.4) is 0 Å². The molecule has 2 heterocycles. The standard InChI is InChI=1S/C21H20BrN3O3/c1-21(2,3)14-6-9-17-16(10-14)25(19(26)12-27-17)11-18-23-20(24-28-18)13-4-7-15(22)8-5-13/h4-10H,11-12H2,1-3H3. The van der Waals surface area contributed by atoms with Gasteiger partial charge in [0, 0.05) is 10.0 Å². The molecule has 0 atom stereocenters. The second kappa shape index (κ2) is 7.05. The van der Waals surface area contributed by atoms with Gasteiger partial charge in [-0.05, 0) is 47.4 Å². The van der Waals surface area contributed by atoms with E-state index in [1.807, 2.05) is 42.5 Å². The number of anilines is 1. The third kappa shape index (κ3) is 3.67. The maximum atomic E-state index is 12.5. The van der Waals surface area contributed by atoms with Gasteiger partial charge in [0.1, 0.15) is 12.3 Å². The van der Waals surface area contributed by atoms with E-state index in [4.69, 9.17) is 9.26 Å². The van der Waals surface area contributed by atoms with Crippen molar-refractivity contribution in [3.63, 3.8) is 0 Å². The van der Waals surface area contributed by atoms with E-state index >= 15 is 0 Å². The fraction of sp³-hybridized carbons (Fsp3) is 0.286. The number of rotatable bonds is 3. The SMILES string of the molecule is CC(C)(C)c1ccc2c(c1)N(Cc1nc(-c3ccc(Br)cc3)no1)C(=O)CO2. The van der Waals surface area contributed by atoms with Crippen molar-refractivity contribution in [2.24, 2.45) is 0 Å². The smallest absolute Gasteiger partial charge is 0.265 e. The van der Waals surface area contributed by atoms with Crippen LogP contribution >= 0.6 is 15.9 Å². The first-order chi connectivity index (χ1) is 13.3. The molecule has 3 aromatic rings. The molecule has 0 saturated heterocycles. The average molecular weight is 442 g/mol. The van der Waals surface area contributed by atoms with E-state index in [9.17, 15) is 4.79 Å². The van der Waals surface area contributed by atoms with E-state index in [0.717, 1.165) is 21.3 Å². The summed E-state index contributed by atoms with van der Waals surface area (Å²) in [5, 5.41) is 4.05. The van der Waals surface area contributed by atoms with Crippen molar-refractivity contribution < 1.29 is 14.1 Å². The molecule has 2 aromatic carbocycles. The maximum absolute atomic E-state index is 12.5. The fourth-order valence-electron chi connectivity index (χ4n) is 3.01. The normalized spacial score (nSPS) is 14.0. The Hall–Kier alpha value is -2.67. The van der Waals surface area contributed by atoms with Crippen LogP contribution in [0.25, 0.3) is 11.4 Å². The maximum Gasteiger partial charge on any atom is 0.265 e.